The lowest BCUT2D eigenvalue weighted by Crippen LogP contribution is -2.45. The molecule has 2 rings (SSSR count). The smallest absolute Gasteiger partial charge is 0.243 e. The van der Waals surface area contributed by atoms with E-state index in [1.807, 2.05) is 12.1 Å². The van der Waals surface area contributed by atoms with Gasteiger partial charge in [0.15, 0.2) is 0 Å². The molecule has 0 aromatic heterocycles. The van der Waals surface area contributed by atoms with E-state index in [4.69, 9.17) is 0 Å². The summed E-state index contributed by atoms with van der Waals surface area (Å²) >= 11 is 0. The first-order chi connectivity index (χ1) is 10.3. The third-order valence-electron chi connectivity index (χ3n) is 4.05. The number of carbonyl (C=O) groups is 1. The summed E-state index contributed by atoms with van der Waals surface area (Å²) in [5, 5.41) is 2.85. The van der Waals surface area contributed by atoms with Crippen LogP contribution in [0.25, 0.3) is 0 Å². The maximum Gasteiger partial charge on any atom is 0.243 e. The topological polar surface area (TPSA) is 66.5 Å². The van der Waals surface area contributed by atoms with Crippen molar-refractivity contribution < 1.29 is 13.2 Å². The van der Waals surface area contributed by atoms with Crippen molar-refractivity contribution in [1.29, 1.82) is 0 Å². The van der Waals surface area contributed by atoms with E-state index < -0.39 is 10.0 Å². The summed E-state index contributed by atoms with van der Waals surface area (Å²) in [6.45, 7) is 6.53. The number of nitrogens with one attached hydrogen (secondary N) is 1. The molecular formula is C16H24N2O3S. The summed E-state index contributed by atoms with van der Waals surface area (Å²) in [6.07, 6.45) is 1.31. The van der Waals surface area contributed by atoms with E-state index in [1.165, 1.54) is 11.2 Å². The Balaban J connectivity index is 2.06. The molecule has 0 atom stereocenters. The van der Waals surface area contributed by atoms with Crippen LogP contribution in [0.1, 0.15) is 45.1 Å². The van der Waals surface area contributed by atoms with Crippen molar-refractivity contribution in [2.75, 3.05) is 13.1 Å². The van der Waals surface area contributed by atoms with Crippen molar-refractivity contribution in [2.24, 2.45) is 0 Å². The fourth-order valence-corrected chi connectivity index (χ4v) is 4.17. The zero-order valence-electron chi connectivity index (χ0n) is 13.4. The van der Waals surface area contributed by atoms with Gasteiger partial charge in [-0.3, -0.25) is 4.79 Å². The molecule has 0 aliphatic carbocycles. The lowest BCUT2D eigenvalue weighted by Gasteiger charge is -2.31. The SMILES string of the molecule is CC(=O)NC1CCN(S(=O)(=O)c2ccc(C(C)C)cc2)CC1. The van der Waals surface area contributed by atoms with Crippen LogP contribution < -0.4 is 5.32 Å². The quantitative estimate of drug-likeness (QED) is 0.922. The minimum atomic E-state index is -3.44. The van der Waals surface area contributed by atoms with Gasteiger partial charge in [0, 0.05) is 26.1 Å². The first kappa shape index (κ1) is 17.0. The Morgan fingerprint density at radius 2 is 1.73 bits per heavy atom. The number of nitrogens with zero attached hydrogens (tertiary/aromatic N) is 1. The highest BCUT2D eigenvalue weighted by molar-refractivity contribution is 7.89. The van der Waals surface area contributed by atoms with Crippen molar-refractivity contribution in [1.82, 2.24) is 9.62 Å². The summed E-state index contributed by atoms with van der Waals surface area (Å²) in [5.74, 6) is 0.315. The summed E-state index contributed by atoms with van der Waals surface area (Å²) in [6, 6.07) is 7.20. The molecule has 1 fully saturated rings. The zero-order chi connectivity index (χ0) is 16.3. The second-order valence-electron chi connectivity index (χ2n) is 6.10. The van der Waals surface area contributed by atoms with Crippen LogP contribution >= 0.6 is 0 Å². The van der Waals surface area contributed by atoms with Gasteiger partial charge in [-0.25, -0.2) is 8.42 Å². The van der Waals surface area contributed by atoms with Gasteiger partial charge in [-0.1, -0.05) is 26.0 Å². The van der Waals surface area contributed by atoms with E-state index in [9.17, 15) is 13.2 Å². The number of rotatable bonds is 4. The fraction of sp³-hybridized carbons (Fsp3) is 0.562. The number of hydrogen-bond donors (Lipinski definition) is 1. The normalized spacial score (nSPS) is 17.6. The third kappa shape index (κ3) is 3.87. The van der Waals surface area contributed by atoms with Crippen LogP contribution in [0, 0.1) is 0 Å². The van der Waals surface area contributed by atoms with E-state index in [0.29, 0.717) is 36.7 Å². The van der Waals surface area contributed by atoms with Crippen molar-refractivity contribution in [2.45, 2.75) is 50.5 Å². The highest BCUT2D eigenvalue weighted by Crippen LogP contribution is 2.23. The number of sulfonamides is 1. The molecule has 1 aliphatic rings. The predicted molar refractivity (Wildman–Crippen MR) is 86.1 cm³/mol. The molecule has 122 valence electrons. The van der Waals surface area contributed by atoms with Crippen LogP contribution in [-0.2, 0) is 14.8 Å². The maximum absolute atomic E-state index is 12.6. The minimum absolute atomic E-state index is 0.0643. The van der Waals surface area contributed by atoms with Gasteiger partial charge in [-0.2, -0.15) is 4.31 Å². The standard InChI is InChI=1S/C16H24N2O3S/c1-12(2)14-4-6-16(7-5-14)22(20,21)18-10-8-15(9-11-18)17-13(3)19/h4-7,12,15H,8-11H2,1-3H3,(H,17,19). The molecule has 22 heavy (non-hydrogen) atoms. The Morgan fingerprint density at radius 3 is 2.18 bits per heavy atom. The number of hydrogen-bond acceptors (Lipinski definition) is 3. The van der Waals surface area contributed by atoms with Gasteiger partial charge >= 0.3 is 0 Å². The summed E-state index contributed by atoms with van der Waals surface area (Å²) < 4.78 is 26.8. The molecular weight excluding hydrogens is 300 g/mol. The molecule has 1 saturated heterocycles. The van der Waals surface area contributed by atoms with Gasteiger partial charge in [0.2, 0.25) is 15.9 Å². The van der Waals surface area contributed by atoms with E-state index in [2.05, 4.69) is 19.2 Å². The second-order valence-corrected chi connectivity index (χ2v) is 8.04. The number of benzene rings is 1. The van der Waals surface area contributed by atoms with Crippen LogP contribution in [0.3, 0.4) is 0 Å². The highest BCUT2D eigenvalue weighted by Gasteiger charge is 2.29. The van der Waals surface area contributed by atoms with E-state index in [1.54, 1.807) is 12.1 Å². The highest BCUT2D eigenvalue weighted by atomic mass is 32.2. The molecule has 0 unspecified atom stereocenters. The molecule has 6 heteroatoms. The Morgan fingerprint density at radius 1 is 1.18 bits per heavy atom. The third-order valence-corrected chi connectivity index (χ3v) is 5.96. The van der Waals surface area contributed by atoms with E-state index in [0.717, 1.165) is 5.56 Å². The molecule has 1 aromatic rings. The molecule has 0 saturated carbocycles. The van der Waals surface area contributed by atoms with Crippen LogP contribution in [0.5, 0.6) is 0 Å². The van der Waals surface area contributed by atoms with Crippen molar-refractivity contribution in [3.8, 4) is 0 Å². The second kappa shape index (κ2) is 6.79. The minimum Gasteiger partial charge on any atom is -0.354 e. The van der Waals surface area contributed by atoms with Crippen molar-refractivity contribution >= 4 is 15.9 Å². The van der Waals surface area contributed by atoms with E-state index in [-0.39, 0.29) is 11.9 Å². The lowest BCUT2D eigenvalue weighted by atomic mass is 10.0. The summed E-state index contributed by atoms with van der Waals surface area (Å²) in [7, 11) is -3.44. The molecule has 1 aliphatic heterocycles. The number of carbonyl (C=O) groups excluding carboxylic acids is 1. The molecule has 5 nitrogen and oxygen atoms in total. The van der Waals surface area contributed by atoms with Gasteiger partial charge in [0.1, 0.15) is 0 Å². The fourth-order valence-electron chi connectivity index (χ4n) is 2.70. The van der Waals surface area contributed by atoms with Gasteiger partial charge < -0.3 is 5.32 Å². The van der Waals surface area contributed by atoms with Crippen molar-refractivity contribution in [3.63, 3.8) is 0 Å². The van der Waals surface area contributed by atoms with Gasteiger partial charge in [0.25, 0.3) is 0 Å². The molecule has 1 aromatic carbocycles. The Bertz CT molecular complexity index is 615. The van der Waals surface area contributed by atoms with Crippen LogP contribution in [0.4, 0.5) is 0 Å². The van der Waals surface area contributed by atoms with Gasteiger partial charge in [0.05, 0.1) is 4.90 Å². The van der Waals surface area contributed by atoms with Crippen molar-refractivity contribution in [3.05, 3.63) is 29.8 Å². The molecule has 1 N–H and O–H groups in total. The molecule has 0 radical (unpaired) electrons. The van der Waals surface area contributed by atoms with Gasteiger partial charge in [-0.05, 0) is 36.5 Å². The average Bonchev–Trinajstić information content (AvgIpc) is 2.47. The summed E-state index contributed by atoms with van der Waals surface area (Å²) in [5.41, 5.74) is 1.13. The Labute approximate surface area is 132 Å². The maximum atomic E-state index is 12.6. The monoisotopic (exact) mass is 324 g/mol. The molecule has 1 heterocycles. The number of amides is 1. The lowest BCUT2D eigenvalue weighted by molar-refractivity contribution is -0.119. The zero-order valence-corrected chi connectivity index (χ0v) is 14.2. The Hall–Kier alpha value is -1.40. The molecule has 1 amide bonds. The largest absolute Gasteiger partial charge is 0.354 e. The van der Waals surface area contributed by atoms with Crippen LogP contribution in [-0.4, -0.2) is 37.8 Å². The van der Waals surface area contributed by atoms with E-state index >= 15 is 0 Å². The number of piperidine rings is 1. The predicted octanol–water partition coefficient (Wildman–Crippen LogP) is 2.10. The molecule has 0 spiro atoms. The first-order valence-corrected chi connectivity index (χ1v) is 9.12. The summed E-state index contributed by atoms with van der Waals surface area (Å²) in [4.78, 5) is 11.4. The first-order valence-electron chi connectivity index (χ1n) is 7.68. The molecule has 0 bridgehead atoms. The van der Waals surface area contributed by atoms with Crippen LogP contribution in [0.2, 0.25) is 0 Å². The average molecular weight is 324 g/mol. The van der Waals surface area contributed by atoms with Crippen LogP contribution in [0.15, 0.2) is 29.2 Å². The Kier molecular flexibility index (Phi) is 5.24. The van der Waals surface area contributed by atoms with Gasteiger partial charge in [-0.15, -0.1) is 0 Å².